The Morgan fingerprint density at radius 1 is 1.20 bits per heavy atom. The number of nitrogens with two attached hydrogens (primary N) is 1. The summed E-state index contributed by atoms with van der Waals surface area (Å²) in [6.45, 7) is 6.62. The van der Waals surface area contributed by atoms with Crippen LogP contribution in [0.4, 0.5) is 10.5 Å². The molecule has 0 atom stereocenters. The topological polar surface area (TPSA) is 82.6 Å². The molecular weight excluding hydrogens is 427 g/mol. The van der Waals surface area contributed by atoms with Gasteiger partial charge in [0.1, 0.15) is 24.8 Å². The maximum Gasteiger partial charge on any atom is 0.404 e. The number of fused-ring (bicyclic) bond motifs is 1. The van der Waals surface area contributed by atoms with Gasteiger partial charge < -0.3 is 24.7 Å². The number of carbonyl (C=O) groups excluding carboxylic acids is 1. The Balaban J connectivity index is 1.99. The molecule has 7 nitrogen and oxygen atoms in total. The number of nitrogens with zero attached hydrogens (tertiary/aromatic N) is 3. The van der Waals surface area contributed by atoms with Crippen molar-refractivity contribution in [3.8, 4) is 5.75 Å². The zero-order chi connectivity index (χ0) is 21.7. The molecule has 9 heteroatoms. The average molecular weight is 451 g/mol. The van der Waals surface area contributed by atoms with E-state index in [0.717, 1.165) is 29.8 Å². The molecule has 2 aromatic carbocycles. The summed E-state index contributed by atoms with van der Waals surface area (Å²) >= 11 is 12.2. The first kappa shape index (κ1) is 22.1. The molecule has 0 fully saturated rings. The quantitative estimate of drug-likeness (QED) is 0.502. The highest BCUT2D eigenvalue weighted by atomic mass is 35.5. The van der Waals surface area contributed by atoms with Crippen LogP contribution in [0.3, 0.4) is 0 Å². The Morgan fingerprint density at radius 3 is 2.63 bits per heavy atom. The molecule has 0 saturated carbocycles. The van der Waals surface area contributed by atoms with Crippen molar-refractivity contribution in [3.05, 3.63) is 52.3 Å². The van der Waals surface area contributed by atoms with Gasteiger partial charge in [0, 0.05) is 18.1 Å². The van der Waals surface area contributed by atoms with Crippen LogP contribution in [0, 0.1) is 0 Å². The predicted molar refractivity (Wildman–Crippen MR) is 120 cm³/mol. The number of halogens is 2. The molecule has 30 heavy (non-hydrogen) atoms. The Kier molecular flexibility index (Phi) is 7.29. The molecule has 0 radical (unpaired) electrons. The van der Waals surface area contributed by atoms with E-state index in [9.17, 15) is 4.79 Å². The molecule has 1 heterocycles. The highest BCUT2D eigenvalue weighted by Gasteiger charge is 2.18. The monoisotopic (exact) mass is 450 g/mol. The minimum Gasteiger partial charge on any atom is -0.484 e. The maximum atomic E-state index is 11.0. The molecule has 160 valence electrons. The van der Waals surface area contributed by atoms with E-state index in [1.165, 1.54) is 0 Å². The number of rotatable bonds is 9. The van der Waals surface area contributed by atoms with E-state index in [0.29, 0.717) is 28.2 Å². The van der Waals surface area contributed by atoms with Gasteiger partial charge in [-0.05, 0) is 44.2 Å². The number of para-hydroxylation sites is 1. The molecule has 2 N–H and O–H groups in total. The third-order valence-electron chi connectivity index (χ3n) is 4.74. The highest BCUT2D eigenvalue weighted by molar-refractivity contribution is 6.35. The molecule has 0 aliphatic heterocycles. The molecule has 3 aromatic rings. The summed E-state index contributed by atoms with van der Waals surface area (Å²) in [6.07, 6.45) is -0.811. The zero-order valence-electron chi connectivity index (χ0n) is 16.9. The second-order valence-electron chi connectivity index (χ2n) is 6.53. The van der Waals surface area contributed by atoms with E-state index >= 15 is 0 Å². The van der Waals surface area contributed by atoms with Crippen LogP contribution < -0.4 is 15.4 Å². The Morgan fingerprint density at radius 2 is 1.97 bits per heavy atom. The van der Waals surface area contributed by atoms with Gasteiger partial charge in [-0.2, -0.15) is 0 Å². The summed E-state index contributed by atoms with van der Waals surface area (Å²) in [4.78, 5) is 18.0. The fourth-order valence-electron chi connectivity index (χ4n) is 3.36. The number of imidazole rings is 1. The fourth-order valence-corrected chi connectivity index (χ4v) is 3.82. The number of amides is 1. The lowest BCUT2D eigenvalue weighted by atomic mass is 10.2. The van der Waals surface area contributed by atoms with E-state index in [-0.39, 0.29) is 13.2 Å². The van der Waals surface area contributed by atoms with Crippen molar-refractivity contribution in [2.45, 2.75) is 27.0 Å². The summed E-state index contributed by atoms with van der Waals surface area (Å²) in [5.74, 6) is 1.20. The summed E-state index contributed by atoms with van der Waals surface area (Å²) < 4.78 is 12.9. The molecule has 3 rings (SSSR count). The molecule has 1 amide bonds. The van der Waals surface area contributed by atoms with Gasteiger partial charge in [0.2, 0.25) is 0 Å². The van der Waals surface area contributed by atoms with Crippen molar-refractivity contribution in [2.24, 2.45) is 5.73 Å². The van der Waals surface area contributed by atoms with Crippen LogP contribution in [-0.4, -0.2) is 35.3 Å². The average Bonchev–Trinajstić information content (AvgIpc) is 3.06. The number of ether oxygens (including phenoxy) is 2. The van der Waals surface area contributed by atoms with Gasteiger partial charge in [-0.1, -0.05) is 29.3 Å². The van der Waals surface area contributed by atoms with Gasteiger partial charge in [0.25, 0.3) is 0 Å². The summed E-state index contributed by atoms with van der Waals surface area (Å²) in [5, 5.41) is 0.957. The second kappa shape index (κ2) is 9.91. The van der Waals surface area contributed by atoms with Gasteiger partial charge >= 0.3 is 6.09 Å². The van der Waals surface area contributed by atoms with Gasteiger partial charge in [-0.25, -0.2) is 9.78 Å². The molecule has 0 saturated heterocycles. The first-order valence-electron chi connectivity index (χ1n) is 9.67. The van der Waals surface area contributed by atoms with Crippen molar-refractivity contribution in [1.82, 2.24) is 9.55 Å². The Labute approximate surface area is 185 Å². The van der Waals surface area contributed by atoms with Crippen LogP contribution in [0.5, 0.6) is 5.75 Å². The van der Waals surface area contributed by atoms with E-state index in [1.54, 1.807) is 18.2 Å². The van der Waals surface area contributed by atoms with E-state index in [1.807, 2.05) is 16.7 Å². The summed E-state index contributed by atoms with van der Waals surface area (Å²) in [5.41, 5.74) is 7.96. The normalized spacial score (nSPS) is 10.9. The number of hydrogen-bond donors (Lipinski definition) is 1. The van der Waals surface area contributed by atoms with Crippen molar-refractivity contribution >= 4 is 46.0 Å². The van der Waals surface area contributed by atoms with Gasteiger partial charge in [0.15, 0.2) is 0 Å². The predicted octanol–water partition coefficient (Wildman–Crippen LogP) is 4.86. The van der Waals surface area contributed by atoms with Crippen LogP contribution in [-0.2, 0) is 17.9 Å². The van der Waals surface area contributed by atoms with Crippen LogP contribution in [0.25, 0.3) is 11.0 Å². The number of benzene rings is 2. The summed E-state index contributed by atoms with van der Waals surface area (Å²) in [6, 6.07) is 11.0. The Bertz CT molecular complexity index is 1030. The minimum absolute atomic E-state index is 0.127. The smallest absolute Gasteiger partial charge is 0.404 e. The number of carbonyl (C=O) groups is 1. The molecule has 0 aliphatic carbocycles. The standard InChI is InChI=1S/C21H24Cl2N4O3/c1-3-26(4-2)17-7-5-6-16-20(17)27(10-11-29-21(24)28)19(25-16)13-30-18-9-8-14(22)12-15(18)23/h5-9,12H,3-4,10-11,13H2,1-2H3,(H2,24,28). The number of hydrogen-bond acceptors (Lipinski definition) is 5. The SMILES string of the molecule is CCN(CC)c1cccc2nc(COc3ccc(Cl)cc3Cl)n(CCOC(N)=O)c12. The first-order valence-corrected chi connectivity index (χ1v) is 10.4. The maximum absolute atomic E-state index is 11.0. The third-order valence-corrected chi connectivity index (χ3v) is 5.27. The second-order valence-corrected chi connectivity index (χ2v) is 7.37. The molecule has 0 unspecified atom stereocenters. The highest BCUT2D eigenvalue weighted by Crippen LogP contribution is 2.31. The largest absolute Gasteiger partial charge is 0.484 e. The molecule has 1 aromatic heterocycles. The van der Waals surface area contributed by atoms with E-state index in [4.69, 9.17) is 43.4 Å². The Hall–Kier alpha value is -2.64. The lowest BCUT2D eigenvalue weighted by molar-refractivity contribution is 0.152. The van der Waals surface area contributed by atoms with Gasteiger partial charge in [-0.15, -0.1) is 0 Å². The van der Waals surface area contributed by atoms with Crippen LogP contribution in [0.15, 0.2) is 36.4 Å². The van der Waals surface area contributed by atoms with Crippen LogP contribution >= 0.6 is 23.2 Å². The van der Waals surface area contributed by atoms with Crippen molar-refractivity contribution in [2.75, 3.05) is 24.6 Å². The van der Waals surface area contributed by atoms with Gasteiger partial charge in [-0.3, -0.25) is 0 Å². The molecule has 0 bridgehead atoms. The number of anilines is 1. The van der Waals surface area contributed by atoms with E-state index < -0.39 is 6.09 Å². The first-order chi connectivity index (χ1) is 14.4. The number of aromatic nitrogens is 2. The fraction of sp³-hybridized carbons (Fsp3) is 0.333. The molecule has 0 aliphatic rings. The zero-order valence-corrected chi connectivity index (χ0v) is 18.4. The van der Waals surface area contributed by atoms with E-state index in [2.05, 4.69) is 24.8 Å². The van der Waals surface area contributed by atoms with Gasteiger partial charge in [0.05, 0.1) is 28.3 Å². The lowest BCUT2D eigenvalue weighted by Gasteiger charge is -2.23. The minimum atomic E-state index is -0.811. The summed E-state index contributed by atoms with van der Waals surface area (Å²) in [7, 11) is 0. The molecular formula is C21H24Cl2N4O3. The van der Waals surface area contributed by atoms with Crippen molar-refractivity contribution in [1.29, 1.82) is 0 Å². The van der Waals surface area contributed by atoms with Crippen LogP contribution in [0.1, 0.15) is 19.7 Å². The third kappa shape index (κ3) is 4.91. The number of primary amides is 1. The van der Waals surface area contributed by atoms with Crippen molar-refractivity contribution < 1.29 is 14.3 Å². The lowest BCUT2D eigenvalue weighted by Crippen LogP contribution is -2.23. The molecule has 0 spiro atoms. The van der Waals surface area contributed by atoms with Crippen LogP contribution in [0.2, 0.25) is 10.0 Å². The van der Waals surface area contributed by atoms with Crippen molar-refractivity contribution in [3.63, 3.8) is 0 Å².